The molecule has 3 aliphatic rings. The number of esters is 1. The number of ether oxygens (including phenoxy) is 9. The van der Waals surface area contributed by atoms with Gasteiger partial charge in [-0.1, -0.05) is 6.07 Å². The highest BCUT2D eigenvalue weighted by Crippen LogP contribution is 2.39. The largest absolute Gasteiger partial charge is 0.507 e. The number of fused-ring (bicyclic) bond motifs is 1. The van der Waals surface area contributed by atoms with Gasteiger partial charge in [-0.15, -0.1) is 0 Å². The zero-order chi connectivity index (χ0) is 47.6. The summed E-state index contributed by atoms with van der Waals surface area (Å²) in [7, 11) is 2.65. The standard InChI is InChI=1S/C43H48O23/c1-57-21-12-23(47)29-25(13-21)62-36(19-5-7-20(8-6-19)61-40-35(54)33(52)30(49)26(14-44)63-40)37(32(29)51)65-41-38(34(53)31(50)27(15-45)64-41)66-42-39(55)43(56,17-60-42)16-59-28(48)10-4-18-3-9-22(46)24(11-18)58-2/h3-13,26-27,30-31,33-35,38-42,44-47,49-50,52-56H,14-17H2,1-2H3. The molecule has 23 nitrogen and oxygen atoms in total. The highest BCUT2D eigenvalue weighted by Gasteiger charge is 2.54. The maximum atomic E-state index is 14.3. The van der Waals surface area contributed by atoms with E-state index in [1.54, 1.807) is 0 Å². The smallest absolute Gasteiger partial charge is 0.330 e. The molecule has 13 atom stereocenters. The monoisotopic (exact) mass is 932 g/mol. The van der Waals surface area contributed by atoms with Gasteiger partial charge in [0.15, 0.2) is 35.3 Å². The molecule has 0 amide bonds. The fraction of sp³-hybridized carbons (Fsp3) is 0.442. The first-order valence-corrected chi connectivity index (χ1v) is 20.1. The molecule has 3 aliphatic heterocycles. The number of hydrogen-bond acceptors (Lipinski definition) is 23. The summed E-state index contributed by atoms with van der Waals surface area (Å²) in [4.78, 5) is 26.9. The van der Waals surface area contributed by atoms with Crippen molar-refractivity contribution in [2.45, 2.75) is 79.4 Å². The minimum Gasteiger partial charge on any atom is -0.507 e. The third-order valence-electron chi connectivity index (χ3n) is 11.1. The number of aliphatic hydroxyl groups is 9. The average Bonchev–Trinajstić information content (AvgIpc) is 3.59. The molecule has 3 saturated heterocycles. The molecule has 358 valence electrons. The van der Waals surface area contributed by atoms with E-state index in [4.69, 9.17) is 47.0 Å². The summed E-state index contributed by atoms with van der Waals surface area (Å²) < 4.78 is 55.9. The molecule has 23 heteroatoms. The van der Waals surface area contributed by atoms with Gasteiger partial charge in [0.2, 0.25) is 23.8 Å². The minimum absolute atomic E-state index is 0.0245. The van der Waals surface area contributed by atoms with E-state index in [0.717, 1.165) is 12.1 Å². The SMILES string of the molecule is COc1cc(O)c2c(=O)c(OC3OC(CO)C(O)C(O)C3OC3OCC(O)(COC(=O)C=Cc4ccc(O)c(OC)c4)C3O)c(-c3ccc(OC4OC(CO)C(O)C(O)C4O)cc3)oc2c1. The fourth-order valence-corrected chi connectivity index (χ4v) is 7.33. The lowest BCUT2D eigenvalue weighted by atomic mass is 9.98. The summed E-state index contributed by atoms with van der Waals surface area (Å²) in [6.45, 7) is -3.09. The molecule has 0 aliphatic carbocycles. The Morgan fingerprint density at radius 2 is 1.45 bits per heavy atom. The molecule has 4 aromatic rings. The van der Waals surface area contributed by atoms with Crippen LogP contribution in [0.5, 0.6) is 34.5 Å². The van der Waals surface area contributed by atoms with Crippen molar-refractivity contribution >= 4 is 23.0 Å². The summed E-state index contributed by atoms with van der Waals surface area (Å²) in [6, 6.07) is 12.1. The zero-order valence-corrected chi connectivity index (χ0v) is 34.9. The number of carbonyl (C=O) groups excluding carboxylic acids is 1. The Morgan fingerprint density at radius 3 is 2.12 bits per heavy atom. The van der Waals surface area contributed by atoms with E-state index in [9.17, 15) is 65.8 Å². The third-order valence-corrected chi connectivity index (χ3v) is 11.1. The van der Waals surface area contributed by atoms with E-state index >= 15 is 0 Å². The van der Waals surface area contributed by atoms with Gasteiger partial charge in [-0.3, -0.25) is 4.79 Å². The van der Waals surface area contributed by atoms with Crippen molar-refractivity contribution in [3.05, 3.63) is 76.5 Å². The first-order valence-electron chi connectivity index (χ1n) is 20.1. The Bertz CT molecular complexity index is 2420. The second kappa shape index (κ2) is 20.1. The van der Waals surface area contributed by atoms with Crippen LogP contribution in [0.1, 0.15) is 5.56 Å². The second-order valence-corrected chi connectivity index (χ2v) is 15.5. The van der Waals surface area contributed by atoms with Crippen LogP contribution in [0.25, 0.3) is 28.4 Å². The van der Waals surface area contributed by atoms with Gasteiger partial charge in [0.05, 0.1) is 34.0 Å². The Balaban J connectivity index is 1.15. The van der Waals surface area contributed by atoms with E-state index in [-0.39, 0.29) is 39.9 Å². The molecule has 0 saturated carbocycles. The highest BCUT2D eigenvalue weighted by molar-refractivity contribution is 5.88. The molecule has 1 aromatic heterocycles. The maximum absolute atomic E-state index is 14.3. The first kappa shape index (κ1) is 48.3. The van der Waals surface area contributed by atoms with Crippen LogP contribution < -0.4 is 24.4 Å². The molecule has 11 N–H and O–H groups in total. The predicted molar refractivity (Wildman–Crippen MR) is 219 cm³/mol. The van der Waals surface area contributed by atoms with Gasteiger partial charge in [-0.2, -0.15) is 0 Å². The molecule has 3 aromatic carbocycles. The molecule has 66 heavy (non-hydrogen) atoms. The van der Waals surface area contributed by atoms with Gasteiger partial charge in [0, 0.05) is 23.8 Å². The van der Waals surface area contributed by atoms with Crippen LogP contribution in [0.4, 0.5) is 0 Å². The Kier molecular flexibility index (Phi) is 14.7. The molecular weight excluding hydrogens is 884 g/mol. The zero-order valence-electron chi connectivity index (χ0n) is 34.9. The molecule has 0 radical (unpaired) electrons. The topological polar surface area (TPSA) is 353 Å². The number of phenolic OH excluding ortho intramolecular Hbond substituents is 2. The Morgan fingerprint density at radius 1 is 0.773 bits per heavy atom. The van der Waals surface area contributed by atoms with Gasteiger partial charge >= 0.3 is 5.97 Å². The molecule has 3 fully saturated rings. The van der Waals surface area contributed by atoms with Crippen molar-refractivity contribution in [2.24, 2.45) is 0 Å². The Labute approximate surface area is 372 Å². The van der Waals surface area contributed by atoms with Crippen LogP contribution in [0.2, 0.25) is 0 Å². The molecule has 7 rings (SSSR count). The van der Waals surface area contributed by atoms with E-state index in [0.29, 0.717) is 5.56 Å². The average molecular weight is 933 g/mol. The summed E-state index contributed by atoms with van der Waals surface area (Å²) >= 11 is 0. The normalized spacial score (nSPS) is 31.2. The quantitative estimate of drug-likeness (QED) is 0.0452. The van der Waals surface area contributed by atoms with Gasteiger partial charge in [-0.05, 0) is 48.0 Å². The minimum atomic E-state index is -2.29. The van der Waals surface area contributed by atoms with Crippen LogP contribution in [-0.4, -0.2) is 182 Å². The fourth-order valence-electron chi connectivity index (χ4n) is 7.33. The lowest BCUT2D eigenvalue weighted by molar-refractivity contribution is -0.319. The van der Waals surface area contributed by atoms with Crippen LogP contribution in [0.3, 0.4) is 0 Å². The lowest BCUT2D eigenvalue weighted by Crippen LogP contribution is -2.62. The molecule has 0 spiro atoms. The summed E-state index contributed by atoms with van der Waals surface area (Å²) in [5.74, 6) is -2.42. The Hall–Kier alpha value is -5.64. The summed E-state index contributed by atoms with van der Waals surface area (Å²) in [5.41, 5.74) is -2.95. The van der Waals surface area contributed by atoms with Crippen molar-refractivity contribution in [3.63, 3.8) is 0 Å². The third kappa shape index (κ3) is 9.75. The molecule has 13 unspecified atom stereocenters. The number of carbonyl (C=O) groups is 1. The van der Waals surface area contributed by atoms with Gasteiger partial charge in [0.25, 0.3) is 0 Å². The number of aromatic hydroxyl groups is 2. The lowest BCUT2D eigenvalue weighted by Gasteiger charge is -2.42. The van der Waals surface area contributed by atoms with Crippen LogP contribution in [0.15, 0.2) is 69.9 Å². The van der Waals surface area contributed by atoms with E-state index < -0.39 is 134 Å². The van der Waals surface area contributed by atoms with Crippen molar-refractivity contribution < 1.29 is 108 Å². The summed E-state index contributed by atoms with van der Waals surface area (Å²) in [5, 5.41) is 115. The van der Waals surface area contributed by atoms with Crippen molar-refractivity contribution in [1.82, 2.24) is 0 Å². The number of hydrogen-bond donors (Lipinski definition) is 11. The maximum Gasteiger partial charge on any atom is 0.330 e. The number of benzene rings is 3. The van der Waals surface area contributed by atoms with Crippen molar-refractivity contribution in [1.29, 1.82) is 0 Å². The number of methoxy groups -OCH3 is 2. The highest BCUT2D eigenvalue weighted by atomic mass is 16.8. The predicted octanol–water partition coefficient (Wildman–Crippen LogP) is -2.02. The molecule has 0 bridgehead atoms. The van der Waals surface area contributed by atoms with E-state index in [2.05, 4.69) is 0 Å². The van der Waals surface area contributed by atoms with Gasteiger partial charge in [-0.25, -0.2) is 4.79 Å². The number of aliphatic hydroxyl groups excluding tert-OH is 8. The van der Waals surface area contributed by atoms with Crippen LogP contribution in [-0.2, 0) is 28.5 Å². The van der Waals surface area contributed by atoms with E-state index in [1.165, 1.54) is 68.8 Å². The van der Waals surface area contributed by atoms with Gasteiger partial charge < -0.3 is 103 Å². The van der Waals surface area contributed by atoms with Crippen molar-refractivity contribution in [2.75, 3.05) is 40.6 Å². The number of rotatable bonds is 15. The molecule has 4 heterocycles. The van der Waals surface area contributed by atoms with Crippen LogP contribution >= 0.6 is 0 Å². The molecular formula is C43H48O23. The summed E-state index contributed by atoms with van der Waals surface area (Å²) in [6.07, 6.45) is -18.6. The van der Waals surface area contributed by atoms with Gasteiger partial charge in [0.1, 0.15) is 83.7 Å². The second-order valence-electron chi connectivity index (χ2n) is 15.5. The first-order chi connectivity index (χ1) is 31.5. The number of phenols is 2. The van der Waals surface area contributed by atoms with Crippen molar-refractivity contribution in [3.8, 4) is 45.8 Å². The van der Waals surface area contributed by atoms with E-state index in [1.807, 2.05) is 0 Å². The van der Waals surface area contributed by atoms with Crippen LogP contribution in [0, 0.1) is 0 Å².